The van der Waals surface area contributed by atoms with Crippen molar-refractivity contribution in [3.63, 3.8) is 0 Å². The summed E-state index contributed by atoms with van der Waals surface area (Å²) in [5, 5.41) is 10.3. The van der Waals surface area contributed by atoms with Gasteiger partial charge in [-0.05, 0) is 57.3 Å². The molecule has 1 saturated heterocycles. The minimum atomic E-state index is -0.110. The van der Waals surface area contributed by atoms with E-state index in [9.17, 15) is 4.79 Å². The van der Waals surface area contributed by atoms with Crippen molar-refractivity contribution in [2.75, 3.05) is 20.6 Å². The van der Waals surface area contributed by atoms with Gasteiger partial charge in [0.1, 0.15) is 6.04 Å². The van der Waals surface area contributed by atoms with Crippen LogP contribution in [0.3, 0.4) is 0 Å². The predicted molar refractivity (Wildman–Crippen MR) is 88.4 cm³/mol. The zero-order chi connectivity index (χ0) is 16.4. The van der Waals surface area contributed by atoms with Crippen LogP contribution in [-0.4, -0.2) is 46.5 Å². The van der Waals surface area contributed by atoms with Crippen LogP contribution in [0.15, 0.2) is 15.9 Å². The summed E-state index contributed by atoms with van der Waals surface area (Å²) in [7, 11) is 3.92. The van der Waals surface area contributed by atoms with Gasteiger partial charge in [0.2, 0.25) is 11.8 Å². The van der Waals surface area contributed by atoms with Crippen molar-refractivity contribution in [3.8, 4) is 0 Å². The molecule has 0 N–H and O–H groups in total. The number of hydrogen-bond acceptors (Lipinski definition) is 6. The average molecular weight is 334 g/mol. The fourth-order valence-corrected chi connectivity index (χ4v) is 3.77. The van der Waals surface area contributed by atoms with Crippen molar-refractivity contribution in [1.82, 2.24) is 20.0 Å². The van der Waals surface area contributed by atoms with Crippen LogP contribution in [-0.2, 0) is 6.54 Å². The Kier molecular flexibility index (Phi) is 4.77. The van der Waals surface area contributed by atoms with E-state index in [1.165, 1.54) is 11.3 Å². The van der Waals surface area contributed by atoms with E-state index in [1.54, 1.807) is 0 Å². The number of aromatic nitrogens is 2. The lowest BCUT2D eigenvalue weighted by molar-refractivity contribution is 0.0573. The van der Waals surface area contributed by atoms with Gasteiger partial charge in [-0.15, -0.1) is 21.5 Å². The Morgan fingerprint density at radius 2 is 2.26 bits per heavy atom. The van der Waals surface area contributed by atoms with Crippen LogP contribution >= 0.6 is 11.3 Å². The normalized spacial score (nSPS) is 18.6. The van der Waals surface area contributed by atoms with Gasteiger partial charge in [-0.1, -0.05) is 0 Å². The van der Waals surface area contributed by atoms with Crippen LogP contribution in [0.1, 0.15) is 52.3 Å². The lowest BCUT2D eigenvalue weighted by Crippen LogP contribution is -2.38. The molecule has 1 amide bonds. The molecular formula is C16H22N4O2S. The summed E-state index contributed by atoms with van der Waals surface area (Å²) in [6.45, 7) is 3.33. The van der Waals surface area contributed by atoms with Gasteiger partial charge in [0.15, 0.2) is 0 Å². The Hall–Kier alpha value is -1.73. The Labute approximate surface area is 140 Å². The molecule has 0 bridgehead atoms. The first-order valence-corrected chi connectivity index (χ1v) is 8.76. The first kappa shape index (κ1) is 16.1. The smallest absolute Gasteiger partial charge is 0.264 e. The van der Waals surface area contributed by atoms with E-state index in [2.05, 4.69) is 10.2 Å². The lowest BCUT2D eigenvalue weighted by Gasteiger charge is -2.33. The van der Waals surface area contributed by atoms with E-state index >= 15 is 0 Å². The zero-order valence-electron chi connectivity index (χ0n) is 13.8. The van der Waals surface area contributed by atoms with Crippen molar-refractivity contribution >= 4 is 17.2 Å². The van der Waals surface area contributed by atoms with Crippen LogP contribution < -0.4 is 0 Å². The van der Waals surface area contributed by atoms with Gasteiger partial charge < -0.3 is 14.2 Å². The Balaban J connectivity index is 1.83. The van der Waals surface area contributed by atoms with Crippen LogP contribution in [0.25, 0.3) is 0 Å². The second-order valence-electron chi connectivity index (χ2n) is 6.21. The van der Waals surface area contributed by atoms with Crippen molar-refractivity contribution in [3.05, 3.63) is 33.7 Å². The third kappa shape index (κ3) is 3.45. The number of rotatable bonds is 4. The number of carbonyl (C=O) groups excluding carboxylic acids is 1. The summed E-state index contributed by atoms with van der Waals surface area (Å²) in [5.74, 6) is 1.23. The molecule has 23 heavy (non-hydrogen) atoms. The van der Waals surface area contributed by atoms with Crippen LogP contribution in [0.4, 0.5) is 0 Å². The summed E-state index contributed by atoms with van der Waals surface area (Å²) in [6, 6.07) is 1.87. The van der Waals surface area contributed by atoms with Crippen LogP contribution in [0, 0.1) is 6.92 Å². The van der Waals surface area contributed by atoms with E-state index in [0.29, 0.717) is 18.3 Å². The van der Waals surface area contributed by atoms with Crippen molar-refractivity contribution in [2.45, 2.75) is 38.8 Å². The second kappa shape index (κ2) is 6.80. The summed E-state index contributed by atoms with van der Waals surface area (Å²) in [4.78, 5) is 17.6. The minimum absolute atomic E-state index is 0.0783. The highest BCUT2D eigenvalue weighted by Gasteiger charge is 2.33. The first-order chi connectivity index (χ1) is 11.1. The predicted octanol–water partition coefficient (Wildman–Crippen LogP) is 2.87. The van der Waals surface area contributed by atoms with Gasteiger partial charge in [-0.2, -0.15) is 0 Å². The highest BCUT2D eigenvalue weighted by atomic mass is 32.1. The van der Waals surface area contributed by atoms with Gasteiger partial charge in [0.05, 0.1) is 11.4 Å². The molecule has 2 aromatic heterocycles. The molecule has 0 aliphatic carbocycles. The van der Waals surface area contributed by atoms with E-state index < -0.39 is 0 Å². The molecule has 3 heterocycles. The summed E-state index contributed by atoms with van der Waals surface area (Å²) < 4.78 is 5.81. The maximum atomic E-state index is 12.9. The van der Waals surface area contributed by atoms with E-state index in [4.69, 9.17) is 4.42 Å². The Morgan fingerprint density at radius 3 is 2.96 bits per heavy atom. The minimum Gasteiger partial charge on any atom is -0.422 e. The largest absolute Gasteiger partial charge is 0.422 e. The number of thiophene rings is 1. The molecule has 0 saturated carbocycles. The number of hydrogen-bond donors (Lipinski definition) is 0. The Morgan fingerprint density at radius 1 is 1.43 bits per heavy atom. The third-order valence-corrected chi connectivity index (χ3v) is 5.04. The van der Waals surface area contributed by atoms with Gasteiger partial charge in [-0.3, -0.25) is 4.79 Å². The van der Waals surface area contributed by atoms with E-state index in [0.717, 1.165) is 36.2 Å². The summed E-state index contributed by atoms with van der Waals surface area (Å²) >= 11 is 1.50. The summed E-state index contributed by atoms with van der Waals surface area (Å²) in [5.41, 5.74) is 1.03. The topological polar surface area (TPSA) is 62.5 Å². The van der Waals surface area contributed by atoms with Gasteiger partial charge in [0.25, 0.3) is 5.91 Å². The number of aryl methyl sites for hydroxylation is 1. The number of carbonyl (C=O) groups is 1. The Bertz CT molecular complexity index is 679. The number of nitrogens with zero attached hydrogens (tertiary/aromatic N) is 4. The quantitative estimate of drug-likeness (QED) is 0.860. The third-order valence-electron chi connectivity index (χ3n) is 4.04. The highest BCUT2D eigenvalue weighted by molar-refractivity contribution is 7.12. The van der Waals surface area contributed by atoms with Gasteiger partial charge in [-0.25, -0.2) is 0 Å². The standard InChI is InChI=1S/C16H22N4O2S/c1-11-7-9-23-14(11)16(21)20-8-5-4-6-12(20)15-18-17-13(22-15)10-19(2)3/h7,9,12H,4-6,8,10H2,1-3H3/t12-/m0/s1. The molecule has 1 aliphatic heterocycles. The monoisotopic (exact) mass is 334 g/mol. The maximum Gasteiger partial charge on any atom is 0.264 e. The molecule has 3 rings (SSSR count). The number of piperidine rings is 1. The molecule has 0 unspecified atom stereocenters. The van der Waals surface area contributed by atoms with Crippen LogP contribution in [0.5, 0.6) is 0 Å². The first-order valence-electron chi connectivity index (χ1n) is 7.88. The van der Waals surface area contributed by atoms with Crippen molar-refractivity contribution in [1.29, 1.82) is 0 Å². The molecule has 124 valence electrons. The van der Waals surface area contributed by atoms with E-state index in [-0.39, 0.29) is 11.9 Å². The molecule has 1 atom stereocenters. The highest BCUT2D eigenvalue weighted by Crippen LogP contribution is 2.32. The van der Waals surface area contributed by atoms with E-state index in [1.807, 2.05) is 42.3 Å². The lowest BCUT2D eigenvalue weighted by atomic mass is 10.0. The molecular weight excluding hydrogens is 312 g/mol. The number of likely N-dealkylation sites (tertiary alicyclic amines) is 1. The molecule has 0 aromatic carbocycles. The van der Waals surface area contributed by atoms with Gasteiger partial charge >= 0.3 is 0 Å². The number of amides is 1. The van der Waals surface area contributed by atoms with Crippen LogP contribution in [0.2, 0.25) is 0 Å². The van der Waals surface area contributed by atoms with Gasteiger partial charge in [0, 0.05) is 6.54 Å². The SMILES string of the molecule is Cc1ccsc1C(=O)N1CCCC[C@H]1c1nnc(CN(C)C)o1. The second-order valence-corrected chi connectivity index (χ2v) is 7.13. The molecule has 2 aromatic rings. The molecule has 6 nitrogen and oxygen atoms in total. The summed E-state index contributed by atoms with van der Waals surface area (Å²) in [6.07, 6.45) is 2.97. The van der Waals surface area contributed by atoms with Crippen molar-refractivity contribution in [2.24, 2.45) is 0 Å². The zero-order valence-corrected chi connectivity index (χ0v) is 14.6. The molecule has 1 aliphatic rings. The molecule has 0 spiro atoms. The average Bonchev–Trinajstić information content (AvgIpc) is 3.15. The maximum absolute atomic E-state index is 12.9. The molecule has 1 fully saturated rings. The fraction of sp³-hybridized carbons (Fsp3) is 0.562. The van der Waals surface area contributed by atoms with Crippen molar-refractivity contribution < 1.29 is 9.21 Å². The molecule has 0 radical (unpaired) electrons. The molecule has 7 heteroatoms. The fourth-order valence-electron chi connectivity index (χ4n) is 2.89.